The summed E-state index contributed by atoms with van der Waals surface area (Å²) in [7, 11) is 0. The molecule has 0 bridgehead atoms. The lowest BCUT2D eigenvalue weighted by atomic mass is 10.2. The van der Waals surface area contributed by atoms with Gasteiger partial charge in [0.1, 0.15) is 6.42 Å². The number of carbonyl (C=O) groups is 2. The number of hydrogen-bond donors (Lipinski definition) is 2. The molecule has 0 aromatic carbocycles. The maximum Gasteiger partial charge on any atom is 0.229 e. The Morgan fingerprint density at radius 3 is 2.33 bits per heavy atom. The summed E-state index contributed by atoms with van der Waals surface area (Å²) < 4.78 is 0. The Labute approximate surface area is 91.8 Å². The van der Waals surface area contributed by atoms with Gasteiger partial charge in [-0.3, -0.25) is 9.59 Å². The number of amides is 2. The molecule has 0 aliphatic carbocycles. The van der Waals surface area contributed by atoms with E-state index in [2.05, 4.69) is 17.6 Å². The summed E-state index contributed by atoms with van der Waals surface area (Å²) in [5, 5.41) is 5.40. The normalized spacial score (nSPS) is 10.1. The van der Waals surface area contributed by atoms with Crippen molar-refractivity contribution in [2.75, 3.05) is 6.54 Å². The molecule has 0 fully saturated rings. The third kappa shape index (κ3) is 9.25. The van der Waals surface area contributed by atoms with Gasteiger partial charge in [0.25, 0.3) is 0 Å². The van der Waals surface area contributed by atoms with Crippen LogP contribution in [0.15, 0.2) is 0 Å². The zero-order valence-electron chi connectivity index (χ0n) is 9.93. The molecule has 0 atom stereocenters. The van der Waals surface area contributed by atoms with Crippen LogP contribution in [0.1, 0.15) is 46.5 Å². The van der Waals surface area contributed by atoms with Crippen molar-refractivity contribution in [1.82, 2.24) is 10.6 Å². The topological polar surface area (TPSA) is 58.2 Å². The number of carbonyl (C=O) groups excluding carboxylic acids is 2. The first kappa shape index (κ1) is 13.9. The van der Waals surface area contributed by atoms with Crippen molar-refractivity contribution >= 4 is 11.8 Å². The molecule has 2 amide bonds. The molecule has 0 aromatic heterocycles. The van der Waals surface area contributed by atoms with Crippen molar-refractivity contribution in [3.05, 3.63) is 0 Å². The van der Waals surface area contributed by atoms with Crippen molar-refractivity contribution in [2.24, 2.45) is 0 Å². The fourth-order valence-corrected chi connectivity index (χ4v) is 1.18. The minimum Gasteiger partial charge on any atom is -0.356 e. The second kappa shape index (κ2) is 8.26. The molecule has 0 aliphatic heterocycles. The first-order valence-electron chi connectivity index (χ1n) is 5.62. The van der Waals surface area contributed by atoms with E-state index in [1.54, 1.807) is 0 Å². The van der Waals surface area contributed by atoms with Crippen LogP contribution in [0, 0.1) is 0 Å². The van der Waals surface area contributed by atoms with Gasteiger partial charge in [0.05, 0.1) is 0 Å². The fraction of sp³-hybridized carbons (Fsp3) is 0.818. The van der Waals surface area contributed by atoms with E-state index in [9.17, 15) is 9.59 Å². The number of unbranched alkanes of at least 4 members (excludes halogenated alkanes) is 2. The van der Waals surface area contributed by atoms with Crippen LogP contribution in [-0.4, -0.2) is 24.4 Å². The summed E-state index contributed by atoms with van der Waals surface area (Å²) in [6.07, 6.45) is 3.15. The highest BCUT2D eigenvalue weighted by Gasteiger charge is 2.08. The highest BCUT2D eigenvalue weighted by atomic mass is 16.2. The Kier molecular flexibility index (Phi) is 7.68. The SMILES string of the molecule is CCCCCNC(=O)CC(=O)NC(C)C. The third-order valence-corrected chi connectivity index (χ3v) is 1.87. The third-order valence-electron chi connectivity index (χ3n) is 1.87. The Balaban J connectivity index is 3.51. The molecule has 0 saturated heterocycles. The maximum absolute atomic E-state index is 11.2. The monoisotopic (exact) mass is 214 g/mol. The van der Waals surface area contributed by atoms with Gasteiger partial charge in [-0.1, -0.05) is 19.8 Å². The van der Waals surface area contributed by atoms with Crippen molar-refractivity contribution in [3.8, 4) is 0 Å². The molecule has 0 aliphatic rings. The van der Waals surface area contributed by atoms with E-state index in [1.165, 1.54) is 0 Å². The minimum absolute atomic E-state index is 0.0652. The van der Waals surface area contributed by atoms with Gasteiger partial charge in [-0.25, -0.2) is 0 Å². The molecule has 0 unspecified atom stereocenters. The van der Waals surface area contributed by atoms with Crippen LogP contribution < -0.4 is 10.6 Å². The van der Waals surface area contributed by atoms with Gasteiger partial charge in [-0.2, -0.15) is 0 Å². The summed E-state index contributed by atoms with van der Waals surface area (Å²) in [4.78, 5) is 22.4. The van der Waals surface area contributed by atoms with Gasteiger partial charge in [0.15, 0.2) is 0 Å². The van der Waals surface area contributed by atoms with Gasteiger partial charge in [-0.15, -0.1) is 0 Å². The Bertz CT molecular complexity index is 203. The van der Waals surface area contributed by atoms with Crippen LogP contribution in [0.3, 0.4) is 0 Å². The predicted octanol–water partition coefficient (Wildman–Crippen LogP) is 1.21. The zero-order chi connectivity index (χ0) is 11.7. The van der Waals surface area contributed by atoms with Crippen molar-refractivity contribution in [1.29, 1.82) is 0 Å². The molecule has 4 nitrogen and oxygen atoms in total. The van der Waals surface area contributed by atoms with Gasteiger partial charge in [0.2, 0.25) is 11.8 Å². The van der Waals surface area contributed by atoms with E-state index in [0.717, 1.165) is 19.3 Å². The zero-order valence-corrected chi connectivity index (χ0v) is 9.93. The average molecular weight is 214 g/mol. The molecule has 0 heterocycles. The van der Waals surface area contributed by atoms with Crippen LogP contribution in [0.5, 0.6) is 0 Å². The van der Waals surface area contributed by atoms with E-state index in [-0.39, 0.29) is 24.3 Å². The van der Waals surface area contributed by atoms with Crippen LogP contribution in [0.2, 0.25) is 0 Å². The van der Waals surface area contributed by atoms with Crippen molar-refractivity contribution in [2.45, 2.75) is 52.5 Å². The molecule has 0 saturated carbocycles. The fourth-order valence-electron chi connectivity index (χ4n) is 1.18. The van der Waals surface area contributed by atoms with Crippen LogP contribution >= 0.6 is 0 Å². The molecule has 88 valence electrons. The molecule has 4 heteroatoms. The Morgan fingerprint density at radius 2 is 1.80 bits per heavy atom. The van der Waals surface area contributed by atoms with Gasteiger partial charge < -0.3 is 10.6 Å². The molecule has 0 radical (unpaired) electrons. The van der Waals surface area contributed by atoms with Gasteiger partial charge in [-0.05, 0) is 20.3 Å². The van der Waals surface area contributed by atoms with E-state index >= 15 is 0 Å². The van der Waals surface area contributed by atoms with Crippen molar-refractivity contribution < 1.29 is 9.59 Å². The summed E-state index contributed by atoms with van der Waals surface area (Å²) >= 11 is 0. The first-order chi connectivity index (χ1) is 7.06. The lowest BCUT2D eigenvalue weighted by molar-refractivity contribution is -0.129. The van der Waals surface area contributed by atoms with Crippen molar-refractivity contribution in [3.63, 3.8) is 0 Å². The molecular weight excluding hydrogens is 192 g/mol. The average Bonchev–Trinajstić information content (AvgIpc) is 2.10. The van der Waals surface area contributed by atoms with E-state index < -0.39 is 0 Å². The van der Waals surface area contributed by atoms with Crippen LogP contribution in [0.4, 0.5) is 0 Å². The molecule has 0 aromatic rings. The molecule has 0 rings (SSSR count). The Hall–Kier alpha value is -1.06. The largest absolute Gasteiger partial charge is 0.356 e. The highest BCUT2D eigenvalue weighted by Crippen LogP contribution is 1.91. The first-order valence-corrected chi connectivity index (χ1v) is 5.62. The molecular formula is C11H22N2O2. The summed E-state index contributed by atoms with van der Waals surface area (Å²) in [5.41, 5.74) is 0. The molecule has 0 spiro atoms. The lowest BCUT2D eigenvalue weighted by Crippen LogP contribution is -2.35. The number of hydrogen-bond acceptors (Lipinski definition) is 2. The predicted molar refractivity (Wildman–Crippen MR) is 60.4 cm³/mol. The molecule has 2 N–H and O–H groups in total. The smallest absolute Gasteiger partial charge is 0.229 e. The van der Waals surface area contributed by atoms with E-state index in [1.807, 2.05) is 13.8 Å². The van der Waals surface area contributed by atoms with Gasteiger partial charge in [0, 0.05) is 12.6 Å². The summed E-state index contributed by atoms with van der Waals surface area (Å²) in [6.45, 7) is 6.52. The quantitative estimate of drug-likeness (QED) is 0.494. The Morgan fingerprint density at radius 1 is 1.13 bits per heavy atom. The summed E-state index contributed by atoms with van der Waals surface area (Å²) in [5.74, 6) is -0.401. The number of rotatable bonds is 7. The number of nitrogens with one attached hydrogen (secondary N) is 2. The van der Waals surface area contributed by atoms with Crippen LogP contribution in [-0.2, 0) is 9.59 Å². The standard InChI is InChI=1S/C11H22N2O2/c1-4-5-6-7-12-10(14)8-11(15)13-9(2)3/h9H,4-8H2,1-3H3,(H,12,14)(H,13,15). The maximum atomic E-state index is 11.2. The minimum atomic E-state index is -0.210. The molecule has 15 heavy (non-hydrogen) atoms. The van der Waals surface area contributed by atoms with E-state index in [0.29, 0.717) is 6.54 Å². The summed E-state index contributed by atoms with van der Waals surface area (Å²) in [6, 6.07) is 0.0883. The lowest BCUT2D eigenvalue weighted by Gasteiger charge is -2.08. The second-order valence-electron chi connectivity index (χ2n) is 3.96. The van der Waals surface area contributed by atoms with E-state index in [4.69, 9.17) is 0 Å². The second-order valence-corrected chi connectivity index (χ2v) is 3.96. The highest BCUT2D eigenvalue weighted by molar-refractivity contribution is 5.96. The van der Waals surface area contributed by atoms with Gasteiger partial charge >= 0.3 is 0 Å². The van der Waals surface area contributed by atoms with Crippen LogP contribution in [0.25, 0.3) is 0 Å².